The molecule has 82 valence electrons. The Morgan fingerprint density at radius 2 is 2.20 bits per heavy atom. The second-order valence-electron chi connectivity index (χ2n) is 4.20. The van der Waals surface area contributed by atoms with Crippen LogP contribution in [-0.2, 0) is 14.3 Å². The normalized spacial score (nSPS) is 29.7. The van der Waals surface area contributed by atoms with Gasteiger partial charge in [-0.15, -0.1) is 0 Å². The molecule has 2 aliphatic heterocycles. The first-order valence-corrected chi connectivity index (χ1v) is 5.26. The van der Waals surface area contributed by atoms with Gasteiger partial charge in [-0.2, -0.15) is 0 Å². The number of hydrogen-bond acceptors (Lipinski definition) is 3. The van der Waals surface area contributed by atoms with Gasteiger partial charge in [0, 0.05) is 18.2 Å². The van der Waals surface area contributed by atoms with Crippen LogP contribution in [0.15, 0.2) is 11.6 Å². The fourth-order valence-electron chi connectivity index (χ4n) is 1.79. The number of imide groups is 1. The number of hydrogen-bond donors (Lipinski definition) is 0. The zero-order chi connectivity index (χ0) is 11.1. The number of nitrogens with zero attached hydrogens (tertiary/aromatic N) is 1. The summed E-state index contributed by atoms with van der Waals surface area (Å²) in [7, 11) is 0. The van der Waals surface area contributed by atoms with Gasteiger partial charge in [-0.25, -0.2) is 0 Å². The molecule has 0 aliphatic carbocycles. The van der Waals surface area contributed by atoms with Crippen molar-refractivity contribution in [3.8, 4) is 0 Å². The van der Waals surface area contributed by atoms with Crippen molar-refractivity contribution in [3.63, 3.8) is 0 Å². The van der Waals surface area contributed by atoms with Crippen LogP contribution in [0.1, 0.15) is 26.7 Å². The molecule has 15 heavy (non-hydrogen) atoms. The molecule has 2 rings (SSSR count). The van der Waals surface area contributed by atoms with Crippen LogP contribution in [-0.4, -0.2) is 35.5 Å². The van der Waals surface area contributed by atoms with Gasteiger partial charge in [-0.3, -0.25) is 14.5 Å². The van der Waals surface area contributed by atoms with E-state index in [-0.39, 0.29) is 17.4 Å². The lowest BCUT2D eigenvalue weighted by molar-refractivity contribution is -0.137. The van der Waals surface area contributed by atoms with Crippen molar-refractivity contribution in [3.05, 3.63) is 11.6 Å². The van der Waals surface area contributed by atoms with Crippen molar-refractivity contribution in [1.29, 1.82) is 0 Å². The molecule has 0 radical (unpaired) electrons. The summed E-state index contributed by atoms with van der Waals surface area (Å²) in [6, 6.07) is 0. The Morgan fingerprint density at radius 1 is 1.53 bits per heavy atom. The largest absolute Gasteiger partial charge is 0.370 e. The maximum atomic E-state index is 11.5. The number of ether oxygens (including phenoxy) is 1. The molecular weight excluding hydrogens is 194 g/mol. The molecule has 2 heterocycles. The smallest absolute Gasteiger partial charge is 0.256 e. The molecule has 1 atom stereocenters. The van der Waals surface area contributed by atoms with Crippen LogP contribution in [0.25, 0.3) is 0 Å². The second-order valence-corrected chi connectivity index (χ2v) is 4.20. The number of carbonyl (C=O) groups excluding carboxylic acids is 2. The van der Waals surface area contributed by atoms with E-state index >= 15 is 0 Å². The summed E-state index contributed by atoms with van der Waals surface area (Å²) in [6.45, 7) is 4.96. The predicted molar refractivity (Wildman–Crippen MR) is 54.1 cm³/mol. The summed E-state index contributed by atoms with van der Waals surface area (Å²) in [5, 5.41) is 0. The molecule has 0 aromatic heterocycles. The fourth-order valence-corrected chi connectivity index (χ4v) is 1.79. The van der Waals surface area contributed by atoms with Gasteiger partial charge >= 0.3 is 0 Å². The minimum atomic E-state index is -0.190. The second kappa shape index (κ2) is 3.45. The Labute approximate surface area is 88.9 Å². The zero-order valence-corrected chi connectivity index (χ0v) is 9.08. The van der Waals surface area contributed by atoms with Crippen LogP contribution < -0.4 is 0 Å². The average molecular weight is 209 g/mol. The first-order valence-electron chi connectivity index (χ1n) is 5.26. The van der Waals surface area contributed by atoms with Crippen molar-refractivity contribution in [2.45, 2.75) is 32.3 Å². The highest BCUT2D eigenvalue weighted by atomic mass is 16.6. The predicted octanol–water partition coefficient (Wildman–Crippen LogP) is 0.871. The Kier molecular flexibility index (Phi) is 2.38. The van der Waals surface area contributed by atoms with Gasteiger partial charge in [0.15, 0.2) is 0 Å². The molecule has 2 aliphatic rings. The zero-order valence-electron chi connectivity index (χ0n) is 9.08. The quantitative estimate of drug-likeness (QED) is 0.510. The summed E-state index contributed by atoms with van der Waals surface area (Å²) >= 11 is 0. The van der Waals surface area contributed by atoms with Crippen LogP contribution in [0.5, 0.6) is 0 Å². The average Bonchev–Trinajstić information content (AvgIpc) is 2.93. The van der Waals surface area contributed by atoms with Crippen LogP contribution in [0.2, 0.25) is 0 Å². The highest BCUT2D eigenvalue weighted by molar-refractivity contribution is 6.15. The summed E-state index contributed by atoms with van der Waals surface area (Å²) in [6.07, 6.45) is 3.09. The molecule has 1 saturated heterocycles. The molecule has 2 amide bonds. The standard InChI is InChI=1S/C11H15NO3/c1-3-11(7-15-11)4-5-12-9(13)6-8(2)10(12)14/h6H,3-5,7H2,1-2H3. The van der Waals surface area contributed by atoms with Crippen LogP contribution in [0, 0.1) is 0 Å². The highest BCUT2D eigenvalue weighted by Crippen LogP contribution is 2.34. The Morgan fingerprint density at radius 3 is 2.60 bits per heavy atom. The monoisotopic (exact) mass is 209 g/mol. The van der Waals surface area contributed by atoms with E-state index in [1.165, 1.54) is 11.0 Å². The third kappa shape index (κ3) is 1.81. The van der Waals surface area contributed by atoms with Crippen LogP contribution >= 0.6 is 0 Å². The molecule has 1 fully saturated rings. The first-order chi connectivity index (χ1) is 7.08. The molecule has 4 heteroatoms. The van der Waals surface area contributed by atoms with E-state index < -0.39 is 0 Å². The van der Waals surface area contributed by atoms with Gasteiger partial charge in [-0.05, 0) is 19.8 Å². The van der Waals surface area contributed by atoms with Gasteiger partial charge in [0.25, 0.3) is 11.8 Å². The van der Waals surface area contributed by atoms with Crippen LogP contribution in [0.3, 0.4) is 0 Å². The van der Waals surface area contributed by atoms with E-state index in [1.807, 2.05) is 0 Å². The van der Waals surface area contributed by atoms with Gasteiger partial charge in [0.05, 0.1) is 12.2 Å². The maximum absolute atomic E-state index is 11.5. The summed E-state index contributed by atoms with van der Waals surface area (Å²) in [4.78, 5) is 24.2. The molecule has 0 bridgehead atoms. The lowest BCUT2D eigenvalue weighted by Gasteiger charge is -2.16. The van der Waals surface area contributed by atoms with Gasteiger partial charge in [0.1, 0.15) is 0 Å². The summed E-state index contributed by atoms with van der Waals surface area (Å²) < 4.78 is 5.34. The molecule has 0 spiro atoms. The van der Waals surface area contributed by atoms with Gasteiger partial charge in [0.2, 0.25) is 0 Å². The van der Waals surface area contributed by atoms with E-state index in [0.29, 0.717) is 12.1 Å². The van der Waals surface area contributed by atoms with Crippen LogP contribution in [0.4, 0.5) is 0 Å². The van der Waals surface area contributed by atoms with Gasteiger partial charge < -0.3 is 4.74 Å². The Balaban J connectivity index is 1.91. The van der Waals surface area contributed by atoms with Crippen molar-refractivity contribution < 1.29 is 14.3 Å². The third-order valence-electron chi connectivity index (χ3n) is 3.18. The highest BCUT2D eigenvalue weighted by Gasteiger charge is 2.43. The topological polar surface area (TPSA) is 49.9 Å². The van der Waals surface area contributed by atoms with E-state index in [4.69, 9.17) is 4.74 Å². The van der Waals surface area contributed by atoms with Crippen molar-refractivity contribution in [2.75, 3.05) is 13.2 Å². The molecule has 0 saturated carbocycles. The Bertz CT molecular complexity index is 342. The molecular formula is C11H15NO3. The molecule has 1 unspecified atom stereocenters. The van der Waals surface area contributed by atoms with Crippen molar-refractivity contribution in [2.24, 2.45) is 0 Å². The summed E-state index contributed by atoms with van der Waals surface area (Å²) in [5.74, 6) is -0.351. The summed E-state index contributed by atoms with van der Waals surface area (Å²) in [5.41, 5.74) is 0.471. The Hall–Kier alpha value is -1.16. The molecule has 0 N–H and O–H groups in total. The van der Waals surface area contributed by atoms with E-state index in [1.54, 1.807) is 6.92 Å². The SMILES string of the molecule is CCC1(CCN2C(=O)C=C(C)C2=O)CO1. The van der Waals surface area contributed by atoms with Crippen molar-refractivity contribution >= 4 is 11.8 Å². The maximum Gasteiger partial charge on any atom is 0.256 e. The van der Waals surface area contributed by atoms with Gasteiger partial charge in [-0.1, -0.05) is 6.92 Å². The third-order valence-corrected chi connectivity index (χ3v) is 3.18. The fraction of sp³-hybridized carbons (Fsp3) is 0.636. The number of amides is 2. The number of rotatable bonds is 4. The van der Waals surface area contributed by atoms with E-state index in [2.05, 4.69) is 6.92 Å². The lowest BCUT2D eigenvalue weighted by atomic mass is 10.0. The number of carbonyl (C=O) groups is 2. The van der Waals surface area contributed by atoms with E-state index in [9.17, 15) is 9.59 Å². The molecule has 4 nitrogen and oxygen atoms in total. The lowest BCUT2D eigenvalue weighted by Crippen LogP contribution is -2.34. The molecule has 0 aromatic carbocycles. The number of epoxide rings is 1. The minimum absolute atomic E-state index is 0.0585. The van der Waals surface area contributed by atoms with E-state index in [0.717, 1.165) is 19.4 Å². The minimum Gasteiger partial charge on any atom is -0.370 e. The first kappa shape index (κ1) is 10.4. The molecule has 0 aromatic rings. The van der Waals surface area contributed by atoms with Crippen molar-refractivity contribution in [1.82, 2.24) is 4.90 Å².